The van der Waals surface area contributed by atoms with Gasteiger partial charge in [-0.25, -0.2) is 9.78 Å². The van der Waals surface area contributed by atoms with Crippen LogP contribution in [0.5, 0.6) is 0 Å². The van der Waals surface area contributed by atoms with Crippen LogP contribution >= 0.6 is 0 Å². The van der Waals surface area contributed by atoms with Crippen molar-refractivity contribution in [3.63, 3.8) is 0 Å². The second-order valence-electron chi connectivity index (χ2n) is 8.73. The monoisotopic (exact) mass is 428 g/mol. The summed E-state index contributed by atoms with van der Waals surface area (Å²) < 4.78 is 2.05. The van der Waals surface area contributed by atoms with Crippen LogP contribution in [0.15, 0.2) is 24.3 Å². The topological polar surface area (TPSA) is 93.9 Å². The molecule has 2 aliphatic heterocycles. The number of hydrogen-bond donors (Lipinski definition) is 2. The molecular formula is C22H32N6O3. The molecule has 9 heteroatoms. The molecule has 1 unspecified atom stereocenters. The number of amides is 3. The number of hydrogen-bond acceptors (Lipinski definition) is 5. The Morgan fingerprint density at radius 1 is 1.10 bits per heavy atom. The molecule has 168 valence electrons. The second kappa shape index (κ2) is 9.23. The lowest BCUT2D eigenvalue weighted by Crippen LogP contribution is -2.57. The van der Waals surface area contributed by atoms with Gasteiger partial charge >= 0.3 is 6.03 Å². The Balaban J connectivity index is 1.45. The van der Waals surface area contributed by atoms with Crippen molar-refractivity contribution in [2.45, 2.75) is 32.9 Å². The molecule has 2 aliphatic rings. The first-order valence-corrected chi connectivity index (χ1v) is 11.1. The van der Waals surface area contributed by atoms with Gasteiger partial charge in [0.15, 0.2) is 0 Å². The van der Waals surface area contributed by atoms with Crippen LogP contribution in [0.4, 0.5) is 10.7 Å². The van der Waals surface area contributed by atoms with Gasteiger partial charge < -0.3 is 19.9 Å². The van der Waals surface area contributed by atoms with E-state index >= 15 is 0 Å². The number of urea groups is 1. The lowest BCUT2D eigenvalue weighted by molar-refractivity contribution is -0.135. The fourth-order valence-corrected chi connectivity index (χ4v) is 4.46. The van der Waals surface area contributed by atoms with Crippen LogP contribution in [0.25, 0.3) is 11.0 Å². The van der Waals surface area contributed by atoms with Crippen molar-refractivity contribution < 1.29 is 14.7 Å². The molecule has 0 aliphatic carbocycles. The molecule has 0 spiro atoms. The van der Waals surface area contributed by atoms with Crippen molar-refractivity contribution in [1.82, 2.24) is 24.7 Å². The standard InChI is InChI=1S/C22H32N6O3/c1-16(2)15-18(20(30)26-9-7-25(8-10-26)13-14-29)24-22(31)28-12-11-27-19-6-4-3-5-17(19)23-21(27)28/h3-6,16,18,29H,7-15H2,1-2H3,(H,24,31). The Labute approximate surface area is 182 Å². The van der Waals surface area contributed by atoms with E-state index < -0.39 is 6.04 Å². The van der Waals surface area contributed by atoms with Crippen molar-refractivity contribution in [2.75, 3.05) is 50.8 Å². The van der Waals surface area contributed by atoms with Crippen LogP contribution in [-0.2, 0) is 11.3 Å². The van der Waals surface area contributed by atoms with E-state index in [4.69, 9.17) is 5.11 Å². The highest BCUT2D eigenvalue weighted by molar-refractivity contribution is 5.96. The third-order valence-corrected chi connectivity index (χ3v) is 6.07. The number of carbonyl (C=O) groups is 2. The van der Waals surface area contributed by atoms with Gasteiger partial charge in [0.05, 0.1) is 17.6 Å². The smallest absolute Gasteiger partial charge is 0.324 e. The minimum atomic E-state index is -0.560. The molecule has 0 saturated carbocycles. The summed E-state index contributed by atoms with van der Waals surface area (Å²) in [6, 6.07) is 7.03. The van der Waals surface area contributed by atoms with E-state index in [9.17, 15) is 9.59 Å². The maximum atomic E-state index is 13.2. The second-order valence-corrected chi connectivity index (χ2v) is 8.73. The number of nitrogens with zero attached hydrogens (tertiary/aromatic N) is 5. The van der Waals surface area contributed by atoms with Crippen molar-refractivity contribution in [2.24, 2.45) is 5.92 Å². The van der Waals surface area contributed by atoms with Gasteiger partial charge in [-0.2, -0.15) is 0 Å². The molecule has 3 heterocycles. The molecule has 2 N–H and O–H groups in total. The largest absolute Gasteiger partial charge is 0.395 e. The van der Waals surface area contributed by atoms with E-state index in [1.807, 2.05) is 29.2 Å². The number of imidazole rings is 1. The van der Waals surface area contributed by atoms with Crippen molar-refractivity contribution in [3.05, 3.63) is 24.3 Å². The van der Waals surface area contributed by atoms with Gasteiger partial charge in [0.1, 0.15) is 6.04 Å². The lowest BCUT2D eigenvalue weighted by Gasteiger charge is -2.36. The zero-order valence-electron chi connectivity index (χ0n) is 18.3. The Bertz CT molecular complexity index is 934. The van der Waals surface area contributed by atoms with E-state index in [0.717, 1.165) is 24.1 Å². The molecule has 1 atom stereocenters. The summed E-state index contributed by atoms with van der Waals surface area (Å²) in [6.45, 7) is 8.81. The molecular weight excluding hydrogens is 396 g/mol. The highest BCUT2D eigenvalue weighted by atomic mass is 16.3. The van der Waals surface area contributed by atoms with Gasteiger partial charge in [0.25, 0.3) is 0 Å². The summed E-state index contributed by atoms with van der Waals surface area (Å²) in [7, 11) is 0. The minimum absolute atomic E-state index is 0.0293. The van der Waals surface area contributed by atoms with E-state index in [1.54, 1.807) is 4.90 Å². The fraction of sp³-hybridized carbons (Fsp3) is 0.591. The lowest BCUT2D eigenvalue weighted by atomic mass is 10.0. The average molecular weight is 429 g/mol. The molecule has 31 heavy (non-hydrogen) atoms. The Morgan fingerprint density at radius 2 is 1.84 bits per heavy atom. The zero-order chi connectivity index (χ0) is 22.0. The number of rotatable bonds is 6. The SMILES string of the molecule is CC(C)CC(NC(=O)N1CCn2c1nc1ccccc12)C(=O)N1CCN(CCO)CC1. The summed E-state index contributed by atoms with van der Waals surface area (Å²) in [5, 5.41) is 12.1. The molecule has 0 radical (unpaired) electrons. The van der Waals surface area contributed by atoms with Gasteiger partial charge in [-0.1, -0.05) is 26.0 Å². The highest BCUT2D eigenvalue weighted by Gasteiger charge is 2.33. The molecule has 9 nitrogen and oxygen atoms in total. The fourth-order valence-electron chi connectivity index (χ4n) is 4.46. The third-order valence-electron chi connectivity index (χ3n) is 6.07. The molecule has 1 saturated heterocycles. The van der Waals surface area contributed by atoms with Crippen LogP contribution in [0, 0.1) is 5.92 Å². The molecule has 1 aromatic heterocycles. The number of aliphatic hydroxyl groups excluding tert-OH is 1. The average Bonchev–Trinajstić information content (AvgIpc) is 3.32. The Hall–Kier alpha value is -2.65. The number of piperazine rings is 1. The first-order valence-electron chi connectivity index (χ1n) is 11.1. The quantitative estimate of drug-likeness (QED) is 0.719. The predicted octanol–water partition coefficient (Wildman–Crippen LogP) is 1.12. The molecule has 2 aromatic rings. The van der Waals surface area contributed by atoms with Gasteiger partial charge in [0.2, 0.25) is 11.9 Å². The number of fused-ring (bicyclic) bond motifs is 3. The summed E-state index contributed by atoms with van der Waals surface area (Å²) >= 11 is 0. The van der Waals surface area contributed by atoms with Crippen LogP contribution in [0.2, 0.25) is 0 Å². The summed E-state index contributed by atoms with van der Waals surface area (Å²) in [4.78, 5) is 36.6. The Morgan fingerprint density at radius 3 is 2.55 bits per heavy atom. The maximum Gasteiger partial charge on any atom is 0.324 e. The van der Waals surface area contributed by atoms with Crippen molar-refractivity contribution in [1.29, 1.82) is 0 Å². The highest BCUT2D eigenvalue weighted by Crippen LogP contribution is 2.27. The number of nitrogens with one attached hydrogen (secondary N) is 1. The molecule has 0 bridgehead atoms. The molecule has 1 fully saturated rings. The summed E-state index contributed by atoms with van der Waals surface area (Å²) in [5.41, 5.74) is 1.88. The number of carbonyl (C=O) groups excluding carboxylic acids is 2. The van der Waals surface area contributed by atoms with Crippen LogP contribution in [0.1, 0.15) is 20.3 Å². The maximum absolute atomic E-state index is 13.2. The van der Waals surface area contributed by atoms with Gasteiger partial charge in [0, 0.05) is 45.8 Å². The number of para-hydroxylation sites is 2. The summed E-state index contributed by atoms with van der Waals surface area (Å²) in [6.07, 6.45) is 0.589. The van der Waals surface area contributed by atoms with Gasteiger partial charge in [-0.05, 0) is 24.5 Å². The number of benzene rings is 1. The third kappa shape index (κ3) is 4.52. The molecule has 1 aromatic carbocycles. The van der Waals surface area contributed by atoms with E-state index in [2.05, 4.69) is 33.6 Å². The van der Waals surface area contributed by atoms with Gasteiger partial charge in [-0.3, -0.25) is 14.6 Å². The van der Waals surface area contributed by atoms with Gasteiger partial charge in [-0.15, -0.1) is 0 Å². The summed E-state index contributed by atoms with van der Waals surface area (Å²) in [5.74, 6) is 0.874. The van der Waals surface area contributed by atoms with E-state index in [1.165, 1.54) is 0 Å². The molecule has 4 rings (SSSR count). The first kappa shape index (κ1) is 21.6. The number of β-amino-alcohol motifs (C(OH)–C–C–N with tert-alkyl or cyclic N) is 1. The number of anilines is 1. The predicted molar refractivity (Wildman–Crippen MR) is 119 cm³/mol. The molecule has 3 amide bonds. The van der Waals surface area contributed by atoms with Crippen LogP contribution in [-0.4, -0.2) is 88.3 Å². The first-order chi connectivity index (χ1) is 15.0. The van der Waals surface area contributed by atoms with E-state index in [-0.39, 0.29) is 24.5 Å². The Kier molecular flexibility index (Phi) is 6.43. The van der Waals surface area contributed by atoms with Crippen molar-refractivity contribution in [3.8, 4) is 0 Å². The van der Waals surface area contributed by atoms with Crippen LogP contribution < -0.4 is 10.2 Å². The van der Waals surface area contributed by atoms with Crippen molar-refractivity contribution >= 4 is 28.9 Å². The van der Waals surface area contributed by atoms with E-state index in [0.29, 0.717) is 45.1 Å². The normalized spacial score (nSPS) is 17.9. The van der Waals surface area contributed by atoms with Crippen LogP contribution in [0.3, 0.4) is 0 Å². The zero-order valence-corrected chi connectivity index (χ0v) is 18.3. The number of aromatic nitrogens is 2. The number of aliphatic hydroxyl groups is 1. The minimum Gasteiger partial charge on any atom is -0.395 e.